The Hall–Kier alpha value is -3.73. The lowest BCUT2D eigenvalue weighted by molar-refractivity contribution is -0.129. The normalized spacial score (nSPS) is 18.0. The number of esters is 1. The van der Waals surface area contributed by atoms with Gasteiger partial charge in [-0.15, -0.1) is 0 Å². The van der Waals surface area contributed by atoms with Crippen LogP contribution < -0.4 is 4.74 Å². The maximum absolute atomic E-state index is 12.9. The lowest BCUT2D eigenvalue weighted by Gasteiger charge is -2.22. The third-order valence-corrected chi connectivity index (χ3v) is 5.40. The minimum absolute atomic E-state index is 0.0489. The Bertz CT molecular complexity index is 1090. The van der Waals surface area contributed by atoms with Crippen molar-refractivity contribution in [3.8, 4) is 11.9 Å². The van der Waals surface area contributed by atoms with Crippen molar-refractivity contribution in [3.63, 3.8) is 0 Å². The third-order valence-electron chi connectivity index (χ3n) is 5.40. The molecule has 0 spiro atoms. The van der Waals surface area contributed by atoms with E-state index in [4.69, 9.17) is 9.47 Å². The molecule has 0 saturated carbocycles. The number of aliphatic imine (C=N–C) groups is 1. The quantitative estimate of drug-likeness (QED) is 0.525. The number of carbonyl (C=O) groups is 2. The smallest absolute Gasteiger partial charge is 0.340 e. The molecule has 1 amide bonds. The van der Waals surface area contributed by atoms with Gasteiger partial charge in [0.25, 0.3) is 5.91 Å². The van der Waals surface area contributed by atoms with Crippen molar-refractivity contribution in [2.24, 2.45) is 10.9 Å². The number of nitrogens with zero attached hydrogens (tertiary/aromatic N) is 4. The lowest BCUT2D eigenvalue weighted by atomic mass is 9.89. The average molecular weight is 420 g/mol. The van der Waals surface area contributed by atoms with E-state index < -0.39 is 17.4 Å². The number of benzene rings is 1. The second kappa shape index (κ2) is 8.56. The Kier molecular flexibility index (Phi) is 6.07. The van der Waals surface area contributed by atoms with Crippen LogP contribution in [0.5, 0.6) is 5.75 Å². The summed E-state index contributed by atoms with van der Waals surface area (Å²) in [6, 6.07) is 8.77. The van der Waals surface area contributed by atoms with Crippen molar-refractivity contribution in [1.29, 1.82) is 5.26 Å². The molecule has 3 rings (SSSR count). The molecule has 2 aromatic rings. The Morgan fingerprint density at radius 1 is 1.29 bits per heavy atom. The Labute approximate surface area is 181 Å². The first kappa shape index (κ1) is 22.0. The fourth-order valence-corrected chi connectivity index (χ4v) is 3.12. The predicted molar refractivity (Wildman–Crippen MR) is 113 cm³/mol. The van der Waals surface area contributed by atoms with Crippen LogP contribution in [0.3, 0.4) is 0 Å². The second-order valence-corrected chi connectivity index (χ2v) is 7.81. The van der Waals surface area contributed by atoms with E-state index in [1.807, 2.05) is 20.0 Å². The lowest BCUT2D eigenvalue weighted by Crippen LogP contribution is -2.42. The largest absolute Gasteiger partial charge is 0.497 e. The molecule has 0 saturated heterocycles. The van der Waals surface area contributed by atoms with Gasteiger partial charge in [-0.25, -0.2) is 9.79 Å². The number of hydrogen-bond acceptors (Lipinski definition) is 7. The van der Waals surface area contributed by atoms with Crippen molar-refractivity contribution in [2.45, 2.75) is 39.8 Å². The first-order chi connectivity index (χ1) is 14.7. The zero-order valence-electron chi connectivity index (χ0n) is 18.2. The molecule has 1 aromatic carbocycles. The van der Waals surface area contributed by atoms with Crippen LogP contribution in [-0.4, -0.2) is 40.2 Å². The highest BCUT2D eigenvalue weighted by Gasteiger charge is 2.48. The molecule has 0 N–H and O–H groups in total. The van der Waals surface area contributed by atoms with Crippen molar-refractivity contribution >= 4 is 17.7 Å². The summed E-state index contributed by atoms with van der Waals surface area (Å²) >= 11 is 0. The molecule has 1 aromatic heterocycles. The molecule has 0 radical (unpaired) electrons. The minimum Gasteiger partial charge on any atom is -0.497 e. The van der Waals surface area contributed by atoms with E-state index in [-0.39, 0.29) is 29.6 Å². The van der Waals surface area contributed by atoms with Crippen LogP contribution in [-0.2, 0) is 16.1 Å². The summed E-state index contributed by atoms with van der Waals surface area (Å²) in [5.74, 6) is -0.452. The number of ether oxygens (including phenoxy) is 2. The second-order valence-electron chi connectivity index (χ2n) is 7.81. The summed E-state index contributed by atoms with van der Waals surface area (Å²) in [7, 11) is 1.58. The molecule has 0 fully saturated rings. The van der Waals surface area contributed by atoms with Gasteiger partial charge in [0.1, 0.15) is 23.6 Å². The van der Waals surface area contributed by atoms with Crippen LogP contribution in [0.4, 0.5) is 0 Å². The third kappa shape index (κ3) is 4.12. The summed E-state index contributed by atoms with van der Waals surface area (Å²) in [5, 5.41) is 9.58. The minimum atomic E-state index is -1.11. The number of amidine groups is 1. The first-order valence-corrected chi connectivity index (χ1v) is 9.82. The number of hydrogen-bond donors (Lipinski definition) is 0. The molecule has 8 nitrogen and oxygen atoms in total. The molecular formula is C23H24N4O4. The molecule has 8 heteroatoms. The summed E-state index contributed by atoms with van der Waals surface area (Å²) in [6.45, 7) is 7.22. The topological polar surface area (TPSA) is 105 Å². The molecular weight excluding hydrogens is 396 g/mol. The van der Waals surface area contributed by atoms with Gasteiger partial charge in [0.05, 0.1) is 12.7 Å². The van der Waals surface area contributed by atoms with Gasteiger partial charge in [-0.2, -0.15) is 10.2 Å². The van der Waals surface area contributed by atoms with Crippen LogP contribution in [0, 0.1) is 24.3 Å². The van der Waals surface area contributed by atoms with Gasteiger partial charge in [-0.3, -0.25) is 9.78 Å². The van der Waals surface area contributed by atoms with Crippen LogP contribution in [0.15, 0.2) is 41.5 Å². The Morgan fingerprint density at radius 3 is 2.55 bits per heavy atom. The zero-order chi connectivity index (χ0) is 22.8. The fourth-order valence-electron chi connectivity index (χ4n) is 3.12. The SMILES string of the molecule is COc1ccc(COC(=O)c2cc(C)cnc2C2=NC(C)(C(C)C)C(=O)N2C#N)cc1. The van der Waals surface area contributed by atoms with Crippen LogP contribution >= 0.6 is 0 Å². The van der Waals surface area contributed by atoms with Crippen LogP contribution in [0.1, 0.15) is 48.0 Å². The highest BCUT2D eigenvalue weighted by atomic mass is 16.5. The van der Waals surface area contributed by atoms with Gasteiger partial charge in [-0.05, 0) is 49.1 Å². The summed E-state index contributed by atoms with van der Waals surface area (Å²) in [5.41, 5.74) is 0.705. The molecule has 1 aliphatic rings. The molecule has 0 bridgehead atoms. The molecule has 31 heavy (non-hydrogen) atoms. The maximum Gasteiger partial charge on any atom is 0.340 e. The van der Waals surface area contributed by atoms with E-state index >= 15 is 0 Å². The highest BCUT2D eigenvalue weighted by molar-refractivity contribution is 6.18. The monoisotopic (exact) mass is 420 g/mol. The van der Waals surface area contributed by atoms with Crippen molar-refractivity contribution in [2.75, 3.05) is 7.11 Å². The number of aromatic nitrogens is 1. The van der Waals surface area contributed by atoms with Gasteiger partial charge in [0.15, 0.2) is 12.0 Å². The number of methoxy groups -OCH3 is 1. The van der Waals surface area contributed by atoms with E-state index in [0.29, 0.717) is 5.75 Å². The molecule has 1 atom stereocenters. The van der Waals surface area contributed by atoms with Crippen molar-refractivity contribution in [3.05, 3.63) is 58.9 Å². The highest BCUT2D eigenvalue weighted by Crippen LogP contribution is 2.32. The van der Waals surface area contributed by atoms with E-state index in [1.54, 1.807) is 57.5 Å². The van der Waals surface area contributed by atoms with Gasteiger partial charge in [0, 0.05) is 6.20 Å². The predicted octanol–water partition coefficient (Wildman–Crippen LogP) is 3.24. The van der Waals surface area contributed by atoms with Gasteiger partial charge in [0.2, 0.25) is 0 Å². The van der Waals surface area contributed by atoms with Gasteiger partial charge < -0.3 is 9.47 Å². The maximum atomic E-state index is 12.9. The van der Waals surface area contributed by atoms with Crippen LogP contribution in [0.2, 0.25) is 0 Å². The summed E-state index contributed by atoms with van der Waals surface area (Å²) < 4.78 is 10.6. The van der Waals surface area contributed by atoms with Gasteiger partial charge in [-0.1, -0.05) is 26.0 Å². The number of nitriles is 1. The van der Waals surface area contributed by atoms with E-state index in [9.17, 15) is 14.9 Å². The fraction of sp³-hybridized carbons (Fsp3) is 0.348. The summed E-state index contributed by atoms with van der Waals surface area (Å²) in [6.07, 6.45) is 3.43. The molecule has 1 unspecified atom stereocenters. The van der Waals surface area contributed by atoms with Crippen molar-refractivity contribution in [1.82, 2.24) is 9.88 Å². The molecule has 160 valence electrons. The van der Waals surface area contributed by atoms with E-state index in [2.05, 4.69) is 9.98 Å². The molecule has 0 aliphatic carbocycles. The first-order valence-electron chi connectivity index (χ1n) is 9.82. The average Bonchev–Trinajstić information content (AvgIpc) is 3.03. The summed E-state index contributed by atoms with van der Waals surface area (Å²) in [4.78, 5) is 35.5. The number of rotatable bonds is 6. The standard InChI is InChI=1S/C23H24N4O4/c1-14(2)23(4)22(29)27(13-24)20(26-23)19-18(10-15(3)11-25-19)21(28)31-12-16-6-8-17(30-5)9-7-16/h6-11,14H,12H2,1-5H3. The van der Waals surface area contributed by atoms with Crippen LogP contribution in [0.25, 0.3) is 0 Å². The Morgan fingerprint density at radius 2 is 1.97 bits per heavy atom. The molecule has 2 heterocycles. The number of carbonyl (C=O) groups excluding carboxylic acids is 2. The van der Waals surface area contributed by atoms with Crippen molar-refractivity contribution < 1.29 is 19.1 Å². The number of pyridine rings is 1. The van der Waals surface area contributed by atoms with E-state index in [1.165, 1.54) is 0 Å². The zero-order valence-corrected chi connectivity index (χ0v) is 18.2. The molecule has 1 aliphatic heterocycles. The van der Waals surface area contributed by atoms with Gasteiger partial charge >= 0.3 is 5.97 Å². The number of aryl methyl sites for hydroxylation is 1. The van der Waals surface area contributed by atoms with E-state index in [0.717, 1.165) is 16.0 Å². The Balaban J connectivity index is 1.94. The number of amides is 1.